The lowest BCUT2D eigenvalue weighted by Crippen LogP contribution is -2.09. The van der Waals surface area contributed by atoms with Gasteiger partial charge in [0.2, 0.25) is 0 Å². The Morgan fingerprint density at radius 1 is 1.56 bits per heavy atom. The summed E-state index contributed by atoms with van der Waals surface area (Å²) in [6.45, 7) is 2.47. The number of aromatic nitrogens is 2. The fourth-order valence-electron chi connectivity index (χ4n) is 1.44. The molecule has 0 aliphatic carbocycles. The van der Waals surface area contributed by atoms with Crippen LogP contribution < -0.4 is 5.73 Å². The van der Waals surface area contributed by atoms with E-state index in [1.165, 1.54) is 0 Å². The van der Waals surface area contributed by atoms with Gasteiger partial charge in [-0.2, -0.15) is 0 Å². The van der Waals surface area contributed by atoms with Crippen molar-refractivity contribution in [2.75, 3.05) is 6.54 Å². The third kappa shape index (κ3) is 2.31. The van der Waals surface area contributed by atoms with Crippen molar-refractivity contribution >= 4 is 11.8 Å². The number of rotatable bonds is 4. The standard InChI is InChI=1S/C11H15N3OS/c1-8-3-4-9(15-8)10(7-12)16-11-13-5-6-14(11)2/h3-6,10H,7,12H2,1-2H3. The highest BCUT2D eigenvalue weighted by atomic mass is 32.2. The Hall–Kier alpha value is -1.20. The van der Waals surface area contributed by atoms with E-state index in [1.54, 1.807) is 18.0 Å². The molecule has 0 aliphatic heterocycles. The molecule has 4 nitrogen and oxygen atoms in total. The Labute approximate surface area is 98.8 Å². The molecule has 2 heterocycles. The minimum absolute atomic E-state index is 0.120. The largest absolute Gasteiger partial charge is 0.465 e. The van der Waals surface area contributed by atoms with Crippen molar-refractivity contribution in [1.29, 1.82) is 0 Å². The lowest BCUT2D eigenvalue weighted by Gasteiger charge is -2.11. The summed E-state index contributed by atoms with van der Waals surface area (Å²) in [5.74, 6) is 1.82. The Kier molecular flexibility index (Phi) is 3.36. The van der Waals surface area contributed by atoms with Gasteiger partial charge in [0.05, 0.1) is 5.25 Å². The van der Waals surface area contributed by atoms with E-state index in [0.29, 0.717) is 6.54 Å². The number of imidazole rings is 1. The zero-order chi connectivity index (χ0) is 11.5. The molecule has 0 fully saturated rings. The second kappa shape index (κ2) is 4.76. The number of hydrogen-bond donors (Lipinski definition) is 1. The van der Waals surface area contributed by atoms with Crippen LogP contribution in [0.4, 0.5) is 0 Å². The van der Waals surface area contributed by atoms with Crippen molar-refractivity contribution in [2.24, 2.45) is 12.8 Å². The van der Waals surface area contributed by atoms with Crippen LogP contribution in [0, 0.1) is 6.92 Å². The van der Waals surface area contributed by atoms with Crippen molar-refractivity contribution in [2.45, 2.75) is 17.3 Å². The van der Waals surface area contributed by atoms with Crippen LogP contribution in [0.3, 0.4) is 0 Å². The summed E-state index contributed by atoms with van der Waals surface area (Å²) in [6, 6.07) is 3.93. The van der Waals surface area contributed by atoms with E-state index in [4.69, 9.17) is 10.2 Å². The molecule has 5 heteroatoms. The van der Waals surface area contributed by atoms with Crippen molar-refractivity contribution in [3.8, 4) is 0 Å². The van der Waals surface area contributed by atoms with Gasteiger partial charge in [0.15, 0.2) is 5.16 Å². The third-order valence-corrected chi connectivity index (χ3v) is 3.63. The number of furan rings is 1. The molecule has 2 aromatic heterocycles. The Bertz CT molecular complexity index is 463. The highest BCUT2D eigenvalue weighted by Gasteiger charge is 2.17. The maximum absolute atomic E-state index is 5.76. The van der Waals surface area contributed by atoms with E-state index in [2.05, 4.69) is 4.98 Å². The topological polar surface area (TPSA) is 57.0 Å². The van der Waals surface area contributed by atoms with Gasteiger partial charge in [-0.15, -0.1) is 0 Å². The van der Waals surface area contributed by atoms with Crippen LogP contribution in [-0.4, -0.2) is 16.1 Å². The molecule has 1 atom stereocenters. The number of nitrogens with two attached hydrogens (primary N) is 1. The summed E-state index contributed by atoms with van der Waals surface area (Å²) in [6.07, 6.45) is 3.70. The van der Waals surface area contributed by atoms with E-state index in [9.17, 15) is 0 Å². The van der Waals surface area contributed by atoms with E-state index < -0.39 is 0 Å². The molecule has 1 unspecified atom stereocenters. The summed E-state index contributed by atoms with van der Waals surface area (Å²) in [4.78, 5) is 4.26. The van der Waals surface area contributed by atoms with Crippen molar-refractivity contribution in [3.05, 3.63) is 36.0 Å². The van der Waals surface area contributed by atoms with Gasteiger partial charge in [-0.05, 0) is 19.1 Å². The number of thioether (sulfide) groups is 1. The lowest BCUT2D eigenvalue weighted by atomic mass is 10.3. The summed E-state index contributed by atoms with van der Waals surface area (Å²) in [7, 11) is 1.97. The summed E-state index contributed by atoms with van der Waals surface area (Å²) in [5.41, 5.74) is 5.76. The SMILES string of the molecule is Cc1ccc(C(CN)Sc2nccn2C)o1. The molecule has 2 rings (SSSR count). The monoisotopic (exact) mass is 237 g/mol. The third-order valence-electron chi connectivity index (χ3n) is 2.32. The van der Waals surface area contributed by atoms with Gasteiger partial charge in [-0.3, -0.25) is 0 Å². The van der Waals surface area contributed by atoms with E-state index in [0.717, 1.165) is 16.7 Å². The molecule has 0 aliphatic rings. The second-order valence-corrected chi connectivity index (χ2v) is 4.78. The highest BCUT2D eigenvalue weighted by molar-refractivity contribution is 7.99. The molecule has 0 aromatic carbocycles. The lowest BCUT2D eigenvalue weighted by molar-refractivity contribution is 0.481. The number of nitrogens with zero attached hydrogens (tertiary/aromatic N) is 2. The van der Waals surface area contributed by atoms with Crippen molar-refractivity contribution in [1.82, 2.24) is 9.55 Å². The molecule has 16 heavy (non-hydrogen) atoms. The van der Waals surface area contributed by atoms with Crippen LogP contribution in [0.1, 0.15) is 16.8 Å². The van der Waals surface area contributed by atoms with Crippen LogP contribution in [0.15, 0.2) is 34.1 Å². The van der Waals surface area contributed by atoms with Crippen LogP contribution in [-0.2, 0) is 7.05 Å². The van der Waals surface area contributed by atoms with Crippen molar-refractivity contribution in [3.63, 3.8) is 0 Å². The number of hydrogen-bond acceptors (Lipinski definition) is 4. The van der Waals surface area contributed by atoms with Crippen molar-refractivity contribution < 1.29 is 4.42 Å². The molecule has 0 saturated carbocycles. The van der Waals surface area contributed by atoms with Gasteiger partial charge in [0, 0.05) is 26.0 Å². The number of aryl methyl sites for hydroxylation is 2. The van der Waals surface area contributed by atoms with Crippen LogP contribution >= 0.6 is 11.8 Å². The van der Waals surface area contributed by atoms with Crippen LogP contribution in [0.2, 0.25) is 0 Å². The minimum Gasteiger partial charge on any atom is -0.465 e. The quantitative estimate of drug-likeness (QED) is 0.827. The average Bonchev–Trinajstić information content (AvgIpc) is 2.85. The maximum atomic E-state index is 5.76. The van der Waals surface area contributed by atoms with Crippen LogP contribution in [0.25, 0.3) is 0 Å². The second-order valence-electron chi connectivity index (χ2n) is 3.61. The maximum Gasteiger partial charge on any atom is 0.168 e. The molecule has 0 saturated heterocycles. The molecule has 2 aromatic rings. The molecule has 0 spiro atoms. The molecule has 86 valence electrons. The Morgan fingerprint density at radius 2 is 2.38 bits per heavy atom. The molecular formula is C11H15N3OS. The Balaban J connectivity index is 2.15. The van der Waals surface area contributed by atoms with Gasteiger partial charge < -0.3 is 14.7 Å². The summed E-state index contributed by atoms with van der Waals surface area (Å²) >= 11 is 1.62. The van der Waals surface area contributed by atoms with E-state index in [-0.39, 0.29) is 5.25 Å². The summed E-state index contributed by atoms with van der Waals surface area (Å²) in [5, 5.41) is 1.07. The molecule has 0 amide bonds. The van der Waals surface area contributed by atoms with Gasteiger partial charge in [0.25, 0.3) is 0 Å². The first-order valence-corrected chi connectivity index (χ1v) is 5.99. The fraction of sp³-hybridized carbons (Fsp3) is 0.364. The molecule has 0 radical (unpaired) electrons. The van der Waals surface area contributed by atoms with Crippen LogP contribution in [0.5, 0.6) is 0 Å². The van der Waals surface area contributed by atoms with E-state index in [1.807, 2.05) is 36.9 Å². The molecule has 2 N–H and O–H groups in total. The Morgan fingerprint density at radius 3 is 2.88 bits per heavy atom. The first-order valence-electron chi connectivity index (χ1n) is 5.11. The molecule has 0 bridgehead atoms. The average molecular weight is 237 g/mol. The normalized spacial score (nSPS) is 12.9. The zero-order valence-corrected chi connectivity index (χ0v) is 10.2. The van der Waals surface area contributed by atoms with E-state index >= 15 is 0 Å². The summed E-state index contributed by atoms with van der Waals surface area (Å²) < 4.78 is 7.56. The predicted molar refractivity (Wildman–Crippen MR) is 64.3 cm³/mol. The first kappa shape index (κ1) is 11.3. The van der Waals surface area contributed by atoms with Gasteiger partial charge >= 0.3 is 0 Å². The van der Waals surface area contributed by atoms with Gasteiger partial charge in [-0.25, -0.2) is 4.98 Å². The molecular weight excluding hydrogens is 222 g/mol. The van der Waals surface area contributed by atoms with Gasteiger partial charge in [-0.1, -0.05) is 11.8 Å². The zero-order valence-electron chi connectivity index (χ0n) is 9.38. The van der Waals surface area contributed by atoms with Gasteiger partial charge in [0.1, 0.15) is 11.5 Å². The smallest absolute Gasteiger partial charge is 0.168 e. The highest BCUT2D eigenvalue weighted by Crippen LogP contribution is 2.33. The minimum atomic E-state index is 0.120. The fourth-order valence-corrected chi connectivity index (χ4v) is 2.38. The first-order chi connectivity index (χ1) is 7.70. The predicted octanol–water partition coefficient (Wildman–Crippen LogP) is 2.11.